The fourth-order valence-electron chi connectivity index (χ4n) is 2.41. The number of nitro benzene ring substituents is 2. The predicted octanol–water partition coefficient (Wildman–Crippen LogP) is 4.25. The molecule has 0 heterocycles. The minimum absolute atomic E-state index is 0.0160. The van der Waals surface area contributed by atoms with Crippen LogP contribution in [0.2, 0.25) is 0 Å². The third kappa shape index (κ3) is 4.63. The van der Waals surface area contributed by atoms with Gasteiger partial charge in [0.25, 0.3) is 17.3 Å². The standard InChI is InChI=1S/C19H13N3O7/c23-18-11-14(22(27)28)6-9-17(18)20-19(24)12-2-1-3-16(10-12)29-15-7-4-13(5-8-15)21(25)26/h1-11,23H,(H,20,24). The molecule has 10 nitrogen and oxygen atoms in total. The van der Waals surface area contributed by atoms with Gasteiger partial charge in [0, 0.05) is 23.8 Å². The number of hydrogen-bond acceptors (Lipinski definition) is 7. The topological polar surface area (TPSA) is 145 Å². The number of nitrogens with zero attached hydrogens (tertiary/aromatic N) is 2. The maximum absolute atomic E-state index is 12.4. The predicted molar refractivity (Wildman–Crippen MR) is 102 cm³/mol. The molecule has 3 aromatic rings. The lowest BCUT2D eigenvalue weighted by atomic mass is 10.2. The van der Waals surface area contributed by atoms with E-state index in [1.807, 2.05) is 0 Å². The van der Waals surface area contributed by atoms with Crippen LogP contribution in [-0.2, 0) is 0 Å². The van der Waals surface area contributed by atoms with Crippen LogP contribution in [0.5, 0.6) is 17.2 Å². The molecular weight excluding hydrogens is 382 g/mol. The molecule has 0 aliphatic rings. The van der Waals surface area contributed by atoms with Crippen molar-refractivity contribution in [2.45, 2.75) is 0 Å². The number of phenolic OH excluding ortho intramolecular Hbond substituents is 1. The molecule has 0 fully saturated rings. The van der Waals surface area contributed by atoms with Gasteiger partial charge in [-0.15, -0.1) is 0 Å². The van der Waals surface area contributed by atoms with E-state index in [0.29, 0.717) is 11.5 Å². The van der Waals surface area contributed by atoms with Gasteiger partial charge in [-0.1, -0.05) is 6.07 Å². The van der Waals surface area contributed by atoms with Gasteiger partial charge in [-0.3, -0.25) is 25.0 Å². The van der Waals surface area contributed by atoms with E-state index < -0.39 is 21.5 Å². The highest BCUT2D eigenvalue weighted by atomic mass is 16.6. The first-order valence-electron chi connectivity index (χ1n) is 8.14. The van der Waals surface area contributed by atoms with Crippen molar-refractivity contribution in [2.24, 2.45) is 0 Å². The molecule has 146 valence electrons. The number of nitrogens with one attached hydrogen (secondary N) is 1. The lowest BCUT2D eigenvalue weighted by Crippen LogP contribution is -2.12. The number of carbonyl (C=O) groups is 1. The molecule has 0 aromatic heterocycles. The molecule has 0 saturated heterocycles. The molecule has 0 radical (unpaired) electrons. The van der Waals surface area contributed by atoms with Crippen molar-refractivity contribution in [2.75, 3.05) is 5.32 Å². The van der Waals surface area contributed by atoms with E-state index in [1.54, 1.807) is 12.1 Å². The molecule has 0 saturated carbocycles. The highest BCUT2D eigenvalue weighted by molar-refractivity contribution is 6.05. The smallest absolute Gasteiger partial charge is 0.273 e. The highest BCUT2D eigenvalue weighted by Gasteiger charge is 2.14. The number of benzene rings is 3. The Morgan fingerprint density at radius 2 is 1.52 bits per heavy atom. The molecule has 0 aliphatic heterocycles. The number of hydrogen-bond donors (Lipinski definition) is 2. The zero-order chi connectivity index (χ0) is 21.0. The zero-order valence-electron chi connectivity index (χ0n) is 14.6. The number of phenols is 1. The van der Waals surface area contributed by atoms with Crippen molar-refractivity contribution in [3.8, 4) is 17.2 Å². The molecular formula is C19H13N3O7. The molecule has 1 amide bonds. The van der Waals surface area contributed by atoms with E-state index >= 15 is 0 Å². The van der Waals surface area contributed by atoms with Gasteiger partial charge in [0.1, 0.15) is 17.2 Å². The Balaban J connectivity index is 1.74. The molecule has 0 aliphatic carbocycles. The number of amides is 1. The van der Waals surface area contributed by atoms with Gasteiger partial charge >= 0.3 is 0 Å². The quantitative estimate of drug-likeness (QED) is 0.360. The van der Waals surface area contributed by atoms with Crippen molar-refractivity contribution in [3.63, 3.8) is 0 Å². The van der Waals surface area contributed by atoms with Crippen LogP contribution >= 0.6 is 0 Å². The average molecular weight is 395 g/mol. The Morgan fingerprint density at radius 3 is 2.14 bits per heavy atom. The second-order valence-electron chi connectivity index (χ2n) is 5.79. The third-order valence-corrected chi connectivity index (χ3v) is 3.82. The van der Waals surface area contributed by atoms with Crippen LogP contribution in [0, 0.1) is 20.2 Å². The first-order chi connectivity index (χ1) is 13.8. The minimum Gasteiger partial charge on any atom is -0.506 e. The lowest BCUT2D eigenvalue weighted by molar-refractivity contribution is -0.385. The third-order valence-electron chi connectivity index (χ3n) is 3.82. The molecule has 3 rings (SSSR count). The summed E-state index contributed by atoms with van der Waals surface area (Å²) < 4.78 is 5.59. The SMILES string of the molecule is O=C(Nc1ccc([N+](=O)[O-])cc1O)c1cccc(Oc2ccc([N+](=O)[O-])cc2)c1. The summed E-state index contributed by atoms with van der Waals surface area (Å²) in [5, 5.41) is 33.7. The number of aromatic hydroxyl groups is 1. The fraction of sp³-hybridized carbons (Fsp3) is 0. The number of rotatable bonds is 6. The van der Waals surface area contributed by atoms with E-state index in [4.69, 9.17) is 4.74 Å². The Labute approximate surface area is 163 Å². The van der Waals surface area contributed by atoms with Crippen molar-refractivity contribution >= 4 is 23.0 Å². The van der Waals surface area contributed by atoms with E-state index in [2.05, 4.69) is 5.32 Å². The van der Waals surface area contributed by atoms with Gasteiger partial charge in [-0.25, -0.2) is 0 Å². The molecule has 0 atom stereocenters. The molecule has 3 aromatic carbocycles. The van der Waals surface area contributed by atoms with Crippen LogP contribution in [0.15, 0.2) is 66.7 Å². The summed E-state index contributed by atoms with van der Waals surface area (Å²) in [5.41, 5.74) is -0.156. The maximum Gasteiger partial charge on any atom is 0.273 e. The maximum atomic E-state index is 12.4. The summed E-state index contributed by atoms with van der Waals surface area (Å²) in [4.78, 5) is 32.6. The summed E-state index contributed by atoms with van der Waals surface area (Å²) in [7, 11) is 0. The van der Waals surface area contributed by atoms with Crippen LogP contribution in [-0.4, -0.2) is 20.9 Å². The number of ether oxygens (including phenoxy) is 1. The number of carbonyl (C=O) groups excluding carboxylic acids is 1. The van der Waals surface area contributed by atoms with Gasteiger partial charge in [-0.05, 0) is 36.4 Å². The van der Waals surface area contributed by atoms with E-state index in [0.717, 1.165) is 12.1 Å². The van der Waals surface area contributed by atoms with E-state index in [-0.39, 0.29) is 22.6 Å². The van der Waals surface area contributed by atoms with Gasteiger partial charge < -0.3 is 15.2 Å². The number of non-ortho nitro benzene ring substituents is 2. The summed E-state index contributed by atoms with van der Waals surface area (Å²) in [6, 6.07) is 14.9. The Morgan fingerprint density at radius 1 is 0.862 bits per heavy atom. The Hall–Kier alpha value is -4.47. The summed E-state index contributed by atoms with van der Waals surface area (Å²) in [6.45, 7) is 0. The second-order valence-corrected chi connectivity index (χ2v) is 5.79. The van der Waals surface area contributed by atoms with Crippen LogP contribution in [0.4, 0.5) is 17.1 Å². The first-order valence-corrected chi connectivity index (χ1v) is 8.14. The van der Waals surface area contributed by atoms with Crippen molar-refractivity contribution < 1.29 is 24.5 Å². The lowest BCUT2D eigenvalue weighted by Gasteiger charge is -2.09. The Kier molecular flexibility index (Phi) is 5.35. The highest BCUT2D eigenvalue weighted by Crippen LogP contribution is 2.29. The summed E-state index contributed by atoms with van der Waals surface area (Å²) in [5.74, 6) is -0.338. The molecule has 2 N–H and O–H groups in total. The van der Waals surface area contributed by atoms with Crippen LogP contribution in [0.1, 0.15) is 10.4 Å². The molecule has 10 heteroatoms. The largest absolute Gasteiger partial charge is 0.506 e. The van der Waals surface area contributed by atoms with Crippen LogP contribution < -0.4 is 10.1 Å². The zero-order valence-corrected chi connectivity index (χ0v) is 14.6. The normalized spacial score (nSPS) is 10.2. The Bertz CT molecular complexity index is 1100. The molecule has 0 spiro atoms. The van der Waals surface area contributed by atoms with Gasteiger partial charge in [-0.2, -0.15) is 0 Å². The van der Waals surface area contributed by atoms with Gasteiger partial charge in [0.15, 0.2) is 0 Å². The average Bonchev–Trinajstić information content (AvgIpc) is 2.70. The fourth-order valence-corrected chi connectivity index (χ4v) is 2.41. The second kappa shape index (κ2) is 8.05. The minimum atomic E-state index is -0.662. The van der Waals surface area contributed by atoms with Crippen molar-refractivity contribution in [1.29, 1.82) is 0 Å². The van der Waals surface area contributed by atoms with Gasteiger partial charge in [0.05, 0.1) is 21.6 Å². The molecule has 0 unspecified atom stereocenters. The molecule has 29 heavy (non-hydrogen) atoms. The molecule has 0 bridgehead atoms. The number of anilines is 1. The first kappa shape index (κ1) is 19.3. The van der Waals surface area contributed by atoms with Crippen molar-refractivity contribution in [3.05, 3.63) is 92.5 Å². The summed E-state index contributed by atoms with van der Waals surface area (Å²) >= 11 is 0. The van der Waals surface area contributed by atoms with E-state index in [1.165, 1.54) is 42.5 Å². The van der Waals surface area contributed by atoms with Crippen molar-refractivity contribution in [1.82, 2.24) is 0 Å². The van der Waals surface area contributed by atoms with Crippen LogP contribution in [0.25, 0.3) is 0 Å². The summed E-state index contributed by atoms with van der Waals surface area (Å²) in [6.07, 6.45) is 0. The number of nitro groups is 2. The van der Waals surface area contributed by atoms with Crippen LogP contribution in [0.3, 0.4) is 0 Å². The van der Waals surface area contributed by atoms with E-state index in [9.17, 15) is 30.1 Å². The monoisotopic (exact) mass is 395 g/mol. The van der Waals surface area contributed by atoms with Gasteiger partial charge in [0.2, 0.25) is 0 Å².